The van der Waals surface area contributed by atoms with E-state index in [9.17, 15) is 14.7 Å². The van der Waals surface area contributed by atoms with Crippen molar-refractivity contribution < 1.29 is 14.7 Å². The number of fused-ring (bicyclic) bond motifs is 2. The molecule has 11 heteroatoms. The molecule has 2 aliphatic rings. The number of thioether (sulfide) groups is 2. The van der Waals surface area contributed by atoms with Crippen LogP contribution in [0.2, 0.25) is 0 Å². The fourth-order valence-corrected chi connectivity index (χ4v) is 4.98. The smallest absolute Gasteiger partial charge is 0.352 e. The van der Waals surface area contributed by atoms with Crippen molar-refractivity contribution in [3.63, 3.8) is 0 Å². The molecule has 0 aromatic carbocycles. The van der Waals surface area contributed by atoms with Gasteiger partial charge in [0, 0.05) is 17.7 Å². The molecule has 4 rings (SSSR count). The number of amides is 1. The Morgan fingerprint density at radius 3 is 3.12 bits per heavy atom. The molecule has 124 valence electrons. The molecule has 24 heavy (non-hydrogen) atoms. The van der Waals surface area contributed by atoms with Crippen LogP contribution in [-0.2, 0) is 9.59 Å². The molecule has 1 fully saturated rings. The number of β-lactam (4-membered cyclic amide) rings is 1. The van der Waals surface area contributed by atoms with Crippen molar-refractivity contribution in [2.45, 2.75) is 16.6 Å². The molecule has 1 unspecified atom stereocenters. The Kier molecular flexibility index (Phi) is 3.70. The number of carbonyl (C=O) groups excluding carboxylic acids is 1. The summed E-state index contributed by atoms with van der Waals surface area (Å²) in [7, 11) is 0. The lowest BCUT2D eigenvalue weighted by Gasteiger charge is -2.48. The van der Waals surface area contributed by atoms with Crippen LogP contribution < -0.4 is 5.73 Å². The third-order valence-corrected chi connectivity index (χ3v) is 6.18. The Balaban J connectivity index is 1.60. The van der Waals surface area contributed by atoms with Crippen LogP contribution in [0, 0.1) is 0 Å². The summed E-state index contributed by atoms with van der Waals surface area (Å²) in [6.45, 7) is 0. The van der Waals surface area contributed by atoms with E-state index in [-0.39, 0.29) is 17.0 Å². The van der Waals surface area contributed by atoms with Crippen molar-refractivity contribution in [3.05, 3.63) is 29.6 Å². The second-order valence-electron chi connectivity index (χ2n) is 5.26. The van der Waals surface area contributed by atoms with E-state index in [4.69, 9.17) is 5.73 Å². The van der Waals surface area contributed by atoms with Crippen LogP contribution in [0.4, 0.5) is 0 Å². The third-order valence-electron chi connectivity index (χ3n) is 3.82. The molecule has 2 aromatic rings. The molecular weight excluding hydrogens is 352 g/mol. The number of carboxylic acids is 1. The molecule has 9 nitrogen and oxygen atoms in total. The van der Waals surface area contributed by atoms with Gasteiger partial charge < -0.3 is 10.8 Å². The highest BCUT2D eigenvalue weighted by Crippen LogP contribution is 2.40. The number of aromatic nitrogens is 4. The first-order valence-electron chi connectivity index (χ1n) is 7.02. The first kappa shape index (κ1) is 15.4. The maximum Gasteiger partial charge on any atom is 0.352 e. The number of aliphatic carboxylic acids is 1. The van der Waals surface area contributed by atoms with Crippen LogP contribution in [0.5, 0.6) is 0 Å². The zero-order valence-corrected chi connectivity index (χ0v) is 13.8. The first-order valence-corrected chi connectivity index (χ1v) is 9.06. The number of hydrogen-bond donors (Lipinski definition) is 2. The Morgan fingerprint density at radius 1 is 1.50 bits per heavy atom. The predicted octanol–water partition coefficient (Wildman–Crippen LogP) is -0.202. The maximum atomic E-state index is 11.9. The highest BCUT2D eigenvalue weighted by Gasteiger charge is 2.51. The Bertz CT molecular complexity index is 881. The summed E-state index contributed by atoms with van der Waals surface area (Å²) < 4.78 is 1.59. The van der Waals surface area contributed by atoms with Crippen molar-refractivity contribution in [2.75, 3.05) is 11.5 Å². The van der Waals surface area contributed by atoms with Crippen LogP contribution in [0.15, 0.2) is 34.8 Å². The van der Waals surface area contributed by atoms with Crippen molar-refractivity contribution in [1.29, 1.82) is 0 Å². The standard InChI is InChI=1S/C13H12N6O3S2/c14-8-10(20)18-9(12(21)22)6(4-23-11(8)18)5-24-13-17-16-7-2-1-3-15-19(7)13/h1-3,8,11H,4-5,14H2,(H,21,22)/t8?,11-/m1/s1. The fourth-order valence-electron chi connectivity index (χ4n) is 2.66. The Hall–Kier alpha value is -2.11. The van der Waals surface area contributed by atoms with Gasteiger partial charge in [0.05, 0.1) is 0 Å². The van der Waals surface area contributed by atoms with Crippen LogP contribution in [-0.4, -0.2) is 64.6 Å². The highest BCUT2D eigenvalue weighted by atomic mass is 32.2. The molecule has 0 bridgehead atoms. The topological polar surface area (TPSA) is 127 Å². The maximum absolute atomic E-state index is 11.9. The summed E-state index contributed by atoms with van der Waals surface area (Å²) in [4.78, 5) is 24.8. The summed E-state index contributed by atoms with van der Waals surface area (Å²) in [5, 5.41) is 22.0. The minimum absolute atomic E-state index is 0.0414. The molecule has 1 amide bonds. The largest absolute Gasteiger partial charge is 0.477 e. The van der Waals surface area contributed by atoms with Gasteiger partial charge in [0.2, 0.25) is 11.1 Å². The van der Waals surface area contributed by atoms with Gasteiger partial charge in [-0.3, -0.25) is 9.69 Å². The number of carboxylic acid groups (broad SMARTS) is 1. The number of carbonyl (C=O) groups is 2. The van der Waals surface area contributed by atoms with Gasteiger partial charge in [0.15, 0.2) is 5.65 Å². The van der Waals surface area contributed by atoms with Gasteiger partial charge in [-0.2, -0.15) is 9.61 Å². The minimum atomic E-state index is -1.11. The van der Waals surface area contributed by atoms with E-state index >= 15 is 0 Å². The normalized spacial score (nSPS) is 23.4. The summed E-state index contributed by atoms with van der Waals surface area (Å²) in [6, 6.07) is 2.93. The lowest BCUT2D eigenvalue weighted by molar-refractivity contribution is -0.147. The second kappa shape index (κ2) is 5.76. The molecule has 0 radical (unpaired) electrons. The number of hydrogen-bond acceptors (Lipinski definition) is 8. The van der Waals surface area contributed by atoms with Crippen molar-refractivity contribution >= 4 is 41.0 Å². The van der Waals surface area contributed by atoms with Crippen LogP contribution in [0.25, 0.3) is 5.65 Å². The zero-order chi connectivity index (χ0) is 16.8. The molecule has 4 heterocycles. The van der Waals surface area contributed by atoms with E-state index < -0.39 is 12.0 Å². The van der Waals surface area contributed by atoms with Gasteiger partial charge in [-0.25, -0.2) is 4.79 Å². The number of nitrogens with zero attached hydrogens (tertiary/aromatic N) is 5. The molecule has 0 aliphatic carbocycles. The molecular formula is C13H12N6O3S2. The quantitative estimate of drug-likeness (QED) is 0.560. The van der Waals surface area contributed by atoms with Gasteiger partial charge in [-0.05, 0) is 17.7 Å². The van der Waals surface area contributed by atoms with Gasteiger partial charge in [-0.1, -0.05) is 11.8 Å². The van der Waals surface area contributed by atoms with Gasteiger partial charge in [0.25, 0.3) is 0 Å². The predicted molar refractivity (Wildman–Crippen MR) is 87.2 cm³/mol. The number of rotatable bonds is 4. The van der Waals surface area contributed by atoms with Crippen LogP contribution in [0.1, 0.15) is 0 Å². The van der Waals surface area contributed by atoms with E-state index in [2.05, 4.69) is 15.3 Å². The van der Waals surface area contributed by atoms with Crippen molar-refractivity contribution in [1.82, 2.24) is 24.7 Å². The first-order chi connectivity index (χ1) is 11.6. The average Bonchev–Trinajstić information content (AvgIpc) is 3.01. The average molecular weight is 364 g/mol. The van der Waals surface area contributed by atoms with E-state index in [0.29, 0.717) is 27.9 Å². The van der Waals surface area contributed by atoms with Crippen LogP contribution >= 0.6 is 23.5 Å². The van der Waals surface area contributed by atoms with Gasteiger partial charge in [-0.15, -0.1) is 22.0 Å². The van der Waals surface area contributed by atoms with Crippen LogP contribution in [0.3, 0.4) is 0 Å². The van der Waals surface area contributed by atoms with Gasteiger partial charge >= 0.3 is 5.97 Å². The lowest BCUT2D eigenvalue weighted by Crippen LogP contribution is -2.68. The van der Waals surface area contributed by atoms with Crippen molar-refractivity contribution in [2.24, 2.45) is 5.73 Å². The molecule has 0 spiro atoms. The number of nitrogens with two attached hydrogens (primary N) is 1. The monoisotopic (exact) mass is 364 g/mol. The molecule has 2 atom stereocenters. The summed E-state index contributed by atoms with van der Waals surface area (Å²) in [5.41, 5.74) is 7.06. The van der Waals surface area contributed by atoms with Crippen molar-refractivity contribution in [3.8, 4) is 0 Å². The zero-order valence-electron chi connectivity index (χ0n) is 12.2. The van der Waals surface area contributed by atoms with E-state index in [1.165, 1.54) is 28.4 Å². The molecule has 0 saturated carbocycles. The summed E-state index contributed by atoms with van der Waals surface area (Å²) in [6.07, 6.45) is 1.63. The molecule has 2 aromatic heterocycles. The van der Waals surface area contributed by atoms with Gasteiger partial charge in [0.1, 0.15) is 17.1 Å². The van der Waals surface area contributed by atoms with E-state index in [0.717, 1.165) is 0 Å². The highest BCUT2D eigenvalue weighted by molar-refractivity contribution is 8.01. The second-order valence-corrected chi connectivity index (χ2v) is 7.31. The summed E-state index contributed by atoms with van der Waals surface area (Å²) >= 11 is 2.82. The van der Waals surface area contributed by atoms with E-state index in [1.54, 1.807) is 22.8 Å². The van der Waals surface area contributed by atoms with E-state index in [1.807, 2.05) is 0 Å². The summed E-state index contributed by atoms with van der Waals surface area (Å²) in [5.74, 6) is -0.555. The molecule has 2 aliphatic heterocycles. The SMILES string of the molecule is NC1C(=O)N2C(C(=O)O)=C(CSc3nnc4cccnn34)CS[C@H]12. The lowest BCUT2D eigenvalue weighted by atomic mass is 10.0. The fraction of sp³-hybridized carbons (Fsp3) is 0.308. The minimum Gasteiger partial charge on any atom is -0.477 e. The Morgan fingerprint density at radius 2 is 2.33 bits per heavy atom. The molecule has 3 N–H and O–H groups in total. The molecule has 1 saturated heterocycles. The third kappa shape index (κ3) is 2.27. The Labute approximate surface area is 144 Å².